The molecule has 0 aliphatic carbocycles. The first kappa shape index (κ1) is 11.0. The second-order valence-corrected chi connectivity index (χ2v) is 3.12. The molecule has 1 unspecified atom stereocenters. The minimum Gasteiger partial charge on any atom is -0.508 e. The number of benzene rings is 1. The van der Waals surface area contributed by atoms with Crippen molar-refractivity contribution in [3.8, 4) is 5.75 Å². The van der Waals surface area contributed by atoms with Crippen molar-refractivity contribution >= 4 is 0 Å². The molecule has 0 aliphatic rings. The zero-order valence-corrected chi connectivity index (χ0v) is 8.07. The van der Waals surface area contributed by atoms with E-state index in [4.69, 9.17) is 5.11 Å². The highest BCUT2D eigenvalue weighted by molar-refractivity contribution is 5.36. The molecule has 0 spiro atoms. The molecule has 0 saturated heterocycles. The minimum atomic E-state index is -0.620. The van der Waals surface area contributed by atoms with E-state index in [0.717, 1.165) is 0 Å². The molecule has 4 heteroatoms. The van der Waals surface area contributed by atoms with Crippen molar-refractivity contribution in [3.05, 3.63) is 29.3 Å². The predicted octanol–water partition coefficient (Wildman–Crippen LogP) is 0.137. The maximum absolute atomic E-state index is 9.61. The van der Waals surface area contributed by atoms with Crippen molar-refractivity contribution in [2.24, 2.45) is 0 Å². The summed E-state index contributed by atoms with van der Waals surface area (Å²) in [7, 11) is 1.75. The number of likely N-dealkylation sites (N-methyl/N-ethyl adjacent to an activating group) is 1. The standard InChI is InChI=1S/C10H15NO3/c1-11-5-10(14)7-2-3-9(13)8(4-7)6-12/h2-4,10-14H,5-6H2,1H3. The lowest BCUT2D eigenvalue weighted by atomic mass is 10.1. The van der Waals surface area contributed by atoms with Gasteiger partial charge in [-0.15, -0.1) is 0 Å². The third-order valence-corrected chi connectivity index (χ3v) is 2.06. The summed E-state index contributed by atoms with van der Waals surface area (Å²) in [5.74, 6) is 0.0490. The molecule has 78 valence electrons. The fourth-order valence-electron chi connectivity index (χ4n) is 1.25. The largest absolute Gasteiger partial charge is 0.508 e. The zero-order valence-electron chi connectivity index (χ0n) is 8.07. The molecule has 1 aromatic rings. The van der Waals surface area contributed by atoms with E-state index in [1.165, 1.54) is 6.07 Å². The van der Waals surface area contributed by atoms with Gasteiger partial charge in [0.2, 0.25) is 0 Å². The number of rotatable bonds is 4. The summed E-state index contributed by atoms with van der Waals surface area (Å²) in [6.07, 6.45) is -0.620. The lowest BCUT2D eigenvalue weighted by molar-refractivity contribution is 0.177. The maximum atomic E-state index is 9.61. The van der Waals surface area contributed by atoms with Gasteiger partial charge in [0.05, 0.1) is 12.7 Å². The number of phenols is 1. The van der Waals surface area contributed by atoms with Crippen LogP contribution in [0.2, 0.25) is 0 Å². The van der Waals surface area contributed by atoms with Crippen molar-refractivity contribution in [2.45, 2.75) is 12.7 Å². The van der Waals surface area contributed by atoms with Gasteiger partial charge in [0.1, 0.15) is 5.75 Å². The number of aliphatic hydroxyl groups is 2. The van der Waals surface area contributed by atoms with Gasteiger partial charge < -0.3 is 20.6 Å². The van der Waals surface area contributed by atoms with Gasteiger partial charge in [0.25, 0.3) is 0 Å². The maximum Gasteiger partial charge on any atom is 0.121 e. The molecule has 4 N–H and O–H groups in total. The van der Waals surface area contributed by atoms with Gasteiger partial charge in [-0.05, 0) is 24.7 Å². The van der Waals surface area contributed by atoms with E-state index in [0.29, 0.717) is 17.7 Å². The van der Waals surface area contributed by atoms with Crippen molar-refractivity contribution in [1.29, 1.82) is 0 Å². The van der Waals surface area contributed by atoms with Crippen molar-refractivity contribution < 1.29 is 15.3 Å². The van der Waals surface area contributed by atoms with Crippen LogP contribution in [0.4, 0.5) is 0 Å². The molecule has 0 radical (unpaired) electrons. The topological polar surface area (TPSA) is 72.7 Å². The van der Waals surface area contributed by atoms with E-state index >= 15 is 0 Å². The minimum absolute atomic E-state index is 0.0490. The molecule has 1 rings (SSSR count). The molecule has 1 aromatic carbocycles. The Hall–Kier alpha value is -1.10. The summed E-state index contributed by atoms with van der Waals surface area (Å²) in [4.78, 5) is 0. The van der Waals surface area contributed by atoms with Crippen LogP contribution < -0.4 is 5.32 Å². The van der Waals surface area contributed by atoms with E-state index < -0.39 is 6.10 Å². The van der Waals surface area contributed by atoms with E-state index in [1.54, 1.807) is 19.2 Å². The first-order valence-corrected chi connectivity index (χ1v) is 4.44. The molecular weight excluding hydrogens is 182 g/mol. The van der Waals surface area contributed by atoms with Gasteiger partial charge in [-0.3, -0.25) is 0 Å². The normalized spacial score (nSPS) is 12.8. The van der Waals surface area contributed by atoms with E-state index in [-0.39, 0.29) is 12.4 Å². The third kappa shape index (κ3) is 2.45. The van der Waals surface area contributed by atoms with Crippen molar-refractivity contribution in [2.75, 3.05) is 13.6 Å². The number of aromatic hydroxyl groups is 1. The molecule has 0 saturated carbocycles. The highest BCUT2D eigenvalue weighted by atomic mass is 16.3. The first-order chi connectivity index (χ1) is 6.69. The molecule has 0 amide bonds. The second kappa shape index (κ2) is 4.95. The lowest BCUT2D eigenvalue weighted by Crippen LogP contribution is -2.16. The first-order valence-electron chi connectivity index (χ1n) is 4.44. The predicted molar refractivity (Wildman–Crippen MR) is 52.9 cm³/mol. The highest BCUT2D eigenvalue weighted by Crippen LogP contribution is 2.21. The molecule has 1 atom stereocenters. The van der Waals surface area contributed by atoms with Crippen LogP contribution in [0.1, 0.15) is 17.2 Å². The second-order valence-electron chi connectivity index (χ2n) is 3.12. The van der Waals surface area contributed by atoms with Gasteiger partial charge in [-0.2, -0.15) is 0 Å². The Morgan fingerprint density at radius 2 is 2.14 bits per heavy atom. The van der Waals surface area contributed by atoms with Crippen LogP contribution in [0.25, 0.3) is 0 Å². The van der Waals surface area contributed by atoms with Crippen molar-refractivity contribution in [1.82, 2.24) is 5.32 Å². The molecular formula is C10H15NO3. The Morgan fingerprint density at radius 1 is 1.43 bits per heavy atom. The highest BCUT2D eigenvalue weighted by Gasteiger charge is 2.08. The Labute approximate surface area is 82.8 Å². The Bertz CT molecular complexity index is 301. The van der Waals surface area contributed by atoms with Crippen LogP contribution in [0.3, 0.4) is 0 Å². The van der Waals surface area contributed by atoms with Crippen LogP contribution in [-0.2, 0) is 6.61 Å². The van der Waals surface area contributed by atoms with Gasteiger partial charge in [0.15, 0.2) is 0 Å². The fraction of sp³-hybridized carbons (Fsp3) is 0.400. The Kier molecular flexibility index (Phi) is 3.88. The van der Waals surface area contributed by atoms with Crippen LogP contribution in [-0.4, -0.2) is 28.9 Å². The molecule has 4 nitrogen and oxygen atoms in total. The SMILES string of the molecule is CNCC(O)c1ccc(O)c(CO)c1. The van der Waals surface area contributed by atoms with Crippen LogP contribution in [0, 0.1) is 0 Å². The molecule has 0 aromatic heterocycles. The lowest BCUT2D eigenvalue weighted by Gasteiger charge is -2.11. The molecule has 0 fully saturated rings. The van der Waals surface area contributed by atoms with Crippen molar-refractivity contribution in [3.63, 3.8) is 0 Å². The van der Waals surface area contributed by atoms with E-state index in [9.17, 15) is 10.2 Å². The average molecular weight is 197 g/mol. The van der Waals surface area contributed by atoms with Gasteiger partial charge in [-0.25, -0.2) is 0 Å². The molecule has 14 heavy (non-hydrogen) atoms. The quantitative estimate of drug-likeness (QED) is 0.554. The van der Waals surface area contributed by atoms with Gasteiger partial charge in [0, 0.05) is 12.1 Å². The van der Waals surface area contributed by atoms with Crippen LogP contribution >= 0.6 is 0 Å². The summed E-state index contributed by atoms with van der Waals surface area (Å²) >= 11 is 0. The third-order valence-electron chi connectivity index (χ3n) is 2.06. The average Bonchev–Trinajstić information content (AvgIpc) is 2.19. The van der Waals surface area contributed by atoms with E-state index in [1.807, 2.05) is 0 Å². The Balaban J connectivity index is 2.88. The van der Waals surface area contributed by atoms with Crippen LogP contribution in [0.15, 0.2) is 18.2 Å². The smallest absolute Gasteiger partial charge is 0.121 e. The van der Waals surface area contributed by atoms with E-state index in [2.05, 4.69) is 5.32 Å². The molecule has 0 aliphatic heterocycles. The molecule has 0 heterocycles. The molecule has 0 bridgehead atoms. The number of nitrogens with one attached hydrogen (secondary N) is 1. The van der Waals surface area contributed by atoms with Crippen LogP contribution in [0.5, 0.6) is 5.75 Å². The monoisotopic (exact) mass is 197 g/mol. The summed E-state index contributed by atoms with van der Waals surface area (Å²) < 4.78 is 0. The fourth-order valence-corrected chi connectivity index (χ4v) is 1.25. The van der Waals surface area contributed by atoms with Gasteiger partial charge >= 0.3 is 0 Å². The summed E-state index contributed by atoms with van der Waals surface area (Å²) in [6, 6.07) is 4.70. The zero-order chi connectivity index (χ0) is 10.6. The van der Waals surface area contributed by atoms with Gasteiger partial charge in [-0.1, -0.05) is 6.07 Å². The Morgan fingerprint density at radius 3 is 2.71 bits per heavy atom. The number of aliphatic hydroxyl groups excluding tert-OH is 2. The number of hydrogen-bond donors (Lipinski definition) is 4. The summed E-state index contributed by atoms with van der Waals surface area (Å²) in [5.41, 5.74) is 1.11. The number of hydrogen-bond acceptors (Lipinski definition) is 4. The summed E-state index contributed by atoms with van der Waals surface area (Å²) in [6.45, 7) is 0.210. The summed E-state index contributed by atoms with van der Waals surface area (Å²) in [5, 5.41) is 30.6.